The van der Waals surface area contributed by atoms with Gasteiger partial charge in [0.15, 0.2) is 0 Å². The molecule has 0 radical (unpaired) electrons. The van der Waals surface area contributed by atoms with E-state index in [2.05, 4.69) is 24.3 Å². The van der Waals surface area contributed by atoms with Gasteiger partial charge in [0, 0.05) is 0 Å². The first kappa shape index (κ1) is 17.5. The predicted molar refractivity (Wildman–Crippen MR) is 117 cm³/mol. The summed E-state index contributed by atoms with van der Waals surface area (Å²) in [6, 6.07) is 16.3. The summed E-state index contributed by atoms with van der Waals surface area (Å²) in [6.07, 6.45) is 10.5. The highest BCUT2D eigenvalue weighted by atomic mass is 14.5. The van der Waals surface area contributed by atoms with Crippen LogP contribution >= 0.6 is 0 Å². The van der Waals surface area contributed by atoms with Gasteiger partial charge in [0.1, 0.15) is 0 Å². The molecular formula is C24H18N4. The van der Waals surface area contributed by atoms with E-state index < -0.39 is 0 Å². The fraction of sp³-hybridized carbons (Fsp3) is 0. The Morgan fingerprint density at radius 1 is 0.357 bits per heavy atom. The van der Waals surface area contributed by atoms with E-state index >= 15 is 0 Å². The van der Waals surface area contributed by atoms with Gasteiger partial charge in [-0.25, -0.2) is 0 Å². The van der Waals surface area contributed by atoms with Crippen LogP contribution in [-0.4, -0.2) is 22.8 Å². The maximum Gasteiger partial charge on any atom is 0.0795 e. The molecule has 0 aromatic heterocycles. The van der Waals surface area contributed by atoms with E-state index in [1.807, 2.05) is 36.4 Å². The average Bonchev–Trinajstić information content (AvgIpc) is 2.72. The Hall–Kier alpha value is -3.92. The molecule has 2 aliphatic carbocycles. The molecule has 0 heterocycles. The van der Waals surface area contributed by atoms with Crippen LogP contribution in [0.3, 0.4) is 0 Å². The minimum atomic E-state index is 0.228. The average molecular weight is 362 g/mol. The van der Waals surface area contributed by atoms with Gasteiger partial charge in [-0.3, -0.25) is 21.6 Å². The summed E-state index contributed by atoms with van der Waals surface area (Å²) in [5.74, 6) is 0. The molecule has 0 saturated carbocycles. The van der Waals surface area contributed by atoms with Crippen LogP contribution in [0.4, 0.5) is 0 Å². The Morgan fingerprint density at radius 2 is 0.679 bits per heavy atom. The number of benzene rings is 2. The summed E-state index contributed by atoms with van der Waals surface area (Å²) in [5.41, 5.74) is 7.03. The molecule has 0 unspecified atom stereocenters. The van der Waals surface area contributed by atoms with Gasteiger partial charge in [0.2, 0.25) is 0 Å². The van der Waals surface area contributed by atoms with Crippen molar-refractivity contribution in [2.45, 2.75) is 0 Å². The Bertz CT molecular complexity index is 1040. The zero-order chi connectivity index (χ0) is 19.7. The van der Waals surface area contributed by atoms with Gasteiger partial charge in [-0.15, -0.1) is 0 Å². The van der Waals surface area contributed by atoms with Crippen LogP contribution in [-0.2, 0) is 0 Å². The van der Waals surface area contributed by atoms with Crippen LogP contribution in [0, 0.1) is 21.6 Å². The molecule has 2 aromatic rings. The van der Waals surface area contributed by atoms with Gasteiger partial charge in [-0.2, -0.15) is 0 Å². The Labute approximate surface area is 163 Å². The maximum atomic E-state index is 7.79. The van der Waals surface area contributed by atoms with E-state index in [9.17, 15) is 0 Å². The molecule has 2 aliphatic rings. The molecule has 4 rings (SSSR count). The Morgan fingerprint density at radius 3 is 1.00 bits per heavy atom. The van der Waals surface area contributed by atoms with Crippen molar-refractivity contribution in [3.05, 3.63) is 96.1 Å². The van der Waals surface area contributed by atoms with Crippen molar-refractivity contribution in [3.8, 4) is 11.1 Å². The van der Waals surface area contributed by atoms with Gasteiger partial charge >= 0.3 is 0 Å². The van der Waals surface area contributed by atoms with Gasteiger partial charge in [0.25, 0.3) is 0 Å². The number of allylic oxidation sites excluding steroid dienone is 8. The summed E-state index contributed by atoms with van der Waals surface area (Å²) >= 11 is 0. The second-order valence-corrected chi connectivity index (χ2v) is 6.68. The van der Waals surface area contributed by atoms with Crippen molar-refractivity contribution in [3.63, 3.8) is 0 Å². The zero-order valence-electron chi connectivity index (χ0n) is 15.1. The van der Waals surface area contributed by atoms with E-state index in [-0.39, 0.29) is 22.8 Å². The fourth-order valence-electron chi connectivity index (χ4n) is 3.16. The third kappa shape index (κ3) is 3.35. The maximum absolute atomic E-state index is 7.79. The first-order valence-corrected chi connectivity index (χ1v) is 8.87. The third-order valence-electron chi connectivity index (χ3n) is 4.81. The highest BCUT2D eigenvalue weighted by Gasteiger charge is 2.10. The summed E-state index contributed by atoms with van der Waals surface area (Å²) in [7, 11) is 0. The largest absolute Gasteiger partial charge is 0.299 e. The first-order chi connectivity index (χ1) is 13.5. The molecule has 134 valence electrons. The molecule has 0 spiro atoms. The van der Waals surface area contributed by atoms with Crippen LogP contribution in [0.2, 0.25) is 0 Å². The number of nitrogens with one attached hydrogen (secondary N) is 4. The van der Waals surface area contributed by atoms with Gasteiger partial charge in [-0.1, -0.05) is 60.7 Å². The molecule has 0 atom stereocenters. The predicted octanol–water partition coefficient (Wildman–Crippen LogP) is 5.34. The van der Waals surface area contributed by atoms with E-state index in [0.29, 0.717) is 0 Å². The van der Waals surface area contributed by atoms with Crippen LogP contribution < -0.4 is 0 Å². The normalized spacial score (nSPS) is 16.3. The van der Waals surface area contributed by atoms with Crippen LogP contribution in [0.25, 0.3) is 22.3 Å². The molecule has 0 amide bonds. The standard InChI is InChI=1S/C24H18N4/c25-21-11-9-19(13-23(21)27)17-5-1-15(2-6-17)16-3-7-18(8-4-16)20-10-12-22(26)24(28)14-20/h1-14,25-28H. The fourth-order valence-corrected chi connectivity index (χ4v) is 3.16. The van der Waals surface area contributed by atoms with Crippen LogP contribution in [0.15, 0.2) is 85.0 Å². The summed E-state index contributed by atoms with van der Waals surface area (Å²) < 4.78 is 0. The topological polar surface area (TPSA) is 95.4 Å². The van der Waals surface area contributed by atoms with Crippen LogP contribution in [0.5, 0.6) is 0 Å². The number of hydrogen-bond donors (Lipinski definition) is 4. The van der Waals surface area contributed by atoms with Crippen molar-refractivity contribution in [2.24, 2.45) is 0 Å². The molecule has 0 fully saturated rings. The van der Waals surface area contributed by atoms with Crippen molar-refractivity contribution in [2.75, 3.05) is 0 Å². The third-order valence-corrected chi connectivity index (χ3v) is 4.81. The molecule has 28 heavy (non-hydrogen) atoms. The lowest BCUT2D eigenvalue weighted by Crippen LogP contribution is -2.09. The molecule has 4 N–H and O–H groups in total. The lowest BCUT2D eigenvalue weighted by molar-refractivity contribution is 1.48. The highest BCUT2D eigenvalue weighted by Crippen LogP contribution is 2.27. The van der Waals surface area contributed by atoms with E-state index in [0.717, 1.165) is 33.4 Å². The highest BCUT2D eigenvalue weighted by molar-refractivity contribution is 6.51. The van der Waals surface area contributed by atoms with Gasteiger partial charge < -0.3 is 0 Å². The second kappa shape index (κ2) is 7.00. The van der Waals surface area contributed by atoms with Crippen molar-refractivity contribution >= 4 is 34.0 Å². The van der Waals surface area contributed by atoms with Gasteiger partial charge in [0.05, 0.1) is 22.8 Å². The summed E-state index contributed by atoms with van der Waals surface area (Å²) in [6.45, 7) is 0. The number of rotatable bonds is 3. The molecule has 0 bridgehead atoms. The quantitative estimate of drug-likeness (QED) is 0.531. The molecule has 2 aromatic carbocycles. The minimum Gasteiger partial charge on any atom is -0.299 e. The SMILES string of the molecule is N=C1C=CC(c2ccc(-c3ccc(C4=CC(=N)C(=N)C=C4)cc3)cc2)=CC1=N. The second-order valence-electron chi connectivity index (χ2n) is 6.68. The lowest BCUT2D eigenvalue weighted by Gasteiger charge is -2.11. The van der Waals surface area contributed by atoms with Crippen LogP contribution in [0.1, 0.15) is 11.1 Å². The molecule has 0 saturated heterocycles. The molecule has 4 nitrogen and oxygen atoms in total. The van der Waals surface area contributed by atoms with E-state index in [4.69, 9.17) is 21.6 Å². The zero-order valence-corrected chi connectivity index (χ0v) is 15.1. The minimum absolute atomic E-state index is 0.228. The molecule has 4 heteroatoms. The van der Waals surface area contributed by atoms with E-state index in [1.54, 1.807) is 24.3 Å². The van der Waals surface area contributed by atoms with Crippen molar-refractivity contribution in [1.29, 1.82) is 21.6 Å². The van der Waals surface area contributed by atoms with Gasteiger partial charge in [-0.05, 0) is 57.7 Å². The summed E-state index contributed by atoms with van der Waals surface area (Å²) in [5, 5.41) is 30.8. The molecular weight excluding hydrogens is 344 g/mol. The first-order valence-electron chi connectivity index (χ1n) is 8.87. The molecule has 0 aliphatic heterocycles. The smallest absolute Gasteiger partial charge is 0.0795 e. The monoisotopic (exact) mass is 362 g/mol. The van der Waals surface area contributed by atoms with Crippen molar-refractivity contribution in [1.82, 2.24) is 0 Å². The lowest BCUT2D eigenvalue weighted by atomic mass is 9.94. The number of hydrogen-bond acceptors (Lipinski definition) is 4. The Balaban J connectivity index is 1.56. The van der Waals surface area contributed by atoms with E-state index in [1.165, 1.54) is 0 Å². The van der Waals surface area contributed by atoms with Crippen molar-refractivity contribution < 1.29 is 0 Å². The Kier molecular flexibility index (Phi) is 4.38. The summed E-state index contributed by atoms with van der Waals surface area (Å²) in [4.78, 5) is 0.